The van der Waals surface area contributed by atoms with E-state index in [1.807, 2.05) is 0 Å². The Morgan fingerprint density at radius 2 is 1.93 bits per heavy atom. The highest BCUT2D eigenvalue weighted by atomic mass is 19.1. The highest BCUT2D eigenvalue weighted by molar-refractivity contribution is 5.22. The Morgan fingerprint density at radius 3 is 2.60 bits per heavy atom. The smallest absolute Gasteiger partial charge is 0.123 e. The summed E-state index contributed by atoms with van der Waals surface area (Å²) < 4.78 is 18.5. The standard InChI is InChI=1S/C13H17FO/c1-10-3-2-4-13(9-10)15-12-7-5-11(14)6-8-12/h5-8,10,13H,2-4,9H2,1H3. The fraction of sp³-hybridized carbons (Fsp3) is 0.538. The summed E-state index contributed by atoms with van der Waals surface area (Å²) in [5.74, 6) is 1.33. The molecule has 1 aliphatic rings. The van der Waals surface area contributed by atoms with Crippen LogP contribution in [0.1, 0.15) is 32.6 Å². The van der Waals surface area contributed by atoms with E-state index in [1.165, 1.54) is 25.0 Å². The molecule has 0 bridgehead atoms. The summed E-state index contributed by atoms with van der Waals surface area (Å²) in [5, 5.41) is 0. The number of hydrogen-bond acceptors (Lipinski definition) is 1. The van der Waals surface area contributed by atoms with Gasteiger partial charge in [-0.15, -0.1) is 0 Å². The van der Waals surface area contributed by atoms with Gasteiger partial charge in [0.1, 0.15) is 11.6 Å². The van der Waals surface area contributed by atoms with Gasteiger partial charge in [-0.3, -0.25) is 0 Å². The van der Waals surface area contributed by atoms with Crippen molar-refractivity contribution >= 4 is 0 Å². The van der Waals surface area contributed by atoms with Gasteiger partial charge in [0, 0.05) is 0 Å². The average molecular weight is 208 g/mol. The van der Waals surface area contributed by atoms with Gasteiger partial charge in [-0.1, -0.05) is 13.3 Å². The van der Waals surface area contributed by atoms with E-state index in [-0.39, 0.29) is 5.82 Å². The van der Waals surface area contributed by atoms with E-state index in [9.17, 15) is 4.39 Å². The molecule has 1 fully saturated rings. The van der Waals surface area contributed by atoms with E-state index in [1.54, 1.807) is 12.1 Å². The molecule has 82 valence electrons. The van der Waals surface area contributed by atoms with Gasteiger partial charge < -0.3 is 4.74 Å². The Hall–Kier alpha value is -1.05. The molecule has 0 amide bonds. The molecule has 2 rings (SSSR count). The number of hydrogen-bond donors (Lipinski definition) is 0. The van der Waals surface area contributed by atoms with Crippen LogP contribution in [0, 0.1) is 11.7 Å². The van der Waals surface area contributed by atoms with Crippen molar-refractivity contribution in [2.24, 2.45) is 5.92 Å². The number of benzene rings is 1. The van der Waals surface area contributed by atoms with Crippen LogP contribution in [0.2, 0.25) is 0 Å². The fourth-order valence-electron chi connectivity index (χ4n) is 2.19. The van der Waals surface area contributed by atoms with E-state index in [0.717, 1.165) is 24.5 Å². The molecule has 0 spiro atoms. The number of rotatable bonds is 2. The third-order valence-electron chi connectivity index (χ3n) is 3.00. The summed E-state index contributed by atoms with van der Waals surface area (Å²) in [5.41, 5.74) is 0. The Kier molecular flexibility index (Phi) is 3.24. The molecule has 0 heterocycles. The van der Waals surface area contributed by atoms with Crippen molar-refractivity contribution in [1.29, 1.82) is 0 Å². The average Bonchev–Trinajstić information content (AvgIpc) is 2.22. The molecule has 1 saturated carbocycles. The Balaban J connectivity index is 1.93. The minimum absolute atomic E-state index is 0.209. The maximum atomic E-state index is 12.7. The van der Waals surface area contributed by atoms with Crippen LogP contribution in [-0.2, 0) is 0 Å². The van der Waals surface area contributed by atoms with Crippen LogP contribution in [0.5, 0.6) is 5.75 Å². The van der Waals surface area contributed by atoms with Crippen molar-refractivity contribution < 1.29 is 9.13 Å². The van der Waals surface area contributed by atoms with Gasteiger partial charge in [-0.25, -0.2) is 4.39 Å². The van der Waals surface area contributed by atoms with Crippen LogP contribution in [-0.4, -0.2) is 6.10 Å². The zero-order valence-electron chi connectivity index (χ0n) is 9.08. The zero-order chi connectivity index (χ0) is 10.7. The van der Waals surface area contributed by atoms with Crippen molar-refractivity contribution in [3.8, 4) is 5.75 Å². The van der Waals surface area contributed by atoms with Gasteiger partial charge in [0.05, 0.1) is 6.10 Å². The van der Waals surface area contributed by atoms with E-state index >= 15 is 0 Å². The SMILES string of the molecule is CC1CCCC(Oc2ccc(F)cc2)C1. The predicted octanol–water partition coefficient (Wildman–Crippen LogP) is 3.78. The third kappa shape index (κ3) is 2.95. The molecule has 1 aromatic carbocycles. The Morgan fingerprint density at radius 1 is 1.20 bits per heavy atom. The fourth-order valence-corrected chi connectivity index (χ4v) is 2.19. The Bertz CT molecular complexity index is 307. The highest BCUT2D eigenvalue weighted by Gasteiger charge is 2.19. The van der Waals surface area contributed by atoms with Gasteiger partial charge in [0.25, 0.3) is 0 Å². The highest BCUT2D eigenvalue weighted by Crippen LogP contribution is 2.27. The van der Waals surface area contributed by atoms with Crippen molar-refractivity contribution in [1.82, 2.24) is 0 Å². The minimum Gasteiger partial charge on any atom is -0.490 e. The molecule has 15 heavy (non-hydrogen) atoms. The van der Waals surface area contributed by atoms with Crippen LogP contribution in [0.4, 0.5) is 4.39 Å². The first-order valence-electron chi connectivity index (χ1n) is 5.66. The lowest BCUT2D eigenvalue weighted by Crippen LogP contribution is -2.23. The van der Waals surface area contributed by atoms with Gasteiger partial charge in [0.15, 0.2) is 0 Å². The van der Waals surface area contributed by atoms with Gasteiger partial charge in [0.2, 0.25) is 0 Å². The predicted molar refractivity (Wildman–Crippen MR) is 58.4 cm³/mol. The summed E-state index contributed by atoms with van der Waals surface area (Å²) in [6.07, 6.45) is 5.12. The number of ether oxygens (including phenoxy) is 1. The maximum Gasteiger partial charge on any atom is 0.123 e. The largest absolute Gasteiger partial charge is 0.490 e. The van der Waals surface area contributed by atoms with Crippen LogP contribution in [0.3, 0.4) is 0 Å². The quantitative estimate of drug-likeness (QED) is 0.718. The first-order chi connectivity index (χ1) is 7.24. The monoisotopic (exact) mass is 208 g/mol. The van der Waals surface area contributed by atoms with E-state index < -0.39 is 0 Å². The van der Waals surface area contributed by atoms with Gasteiger partial charge in [-0.05, 0) is 49.4 Å². The molecule has 1 aromatic rings. The molecule has 1 nitrogen and oxygen atoms in total. The summed E-state index contributed by atoms with van der Waals surface area (Å²) in [6, 6.07) is 6.30. The summed E-state index contributed by atoms with van der Waals surface area (Å²) >= 11 is 0. The summed E-state index contributed by atoms with van der Waals surface area (Å²) in [4.78, 5) is 0. The maximum absolute atomic E-state index is 12.7. The van der Waals surface area contributed by atoms with Crippen LogP contribution >= 0.6 is 0 Å². The summed E-state index contributed by atoms with van der Waals surface area (Å²) in [6.45, 7) is 2.26. The first-order valence-corrected chi connectivity index (χ1v) is 5.66. The summed E-state index contributed by atoms with van der Waals surface area (Å²) in [7, 11) is 0. The molecule has 0 N–H and O–H groups in total. The van der Waals surface area contributed by atoms with Crippen molar-refractivity contribution in [3.05, 3.63) is 30.1 Å². The van der Waals surface area contributed by atoms with Crippen molar-refractivity contribution in [2.75, 3.05) is 0 Å². The lowest BCUT2D eigenvalue weighted by Gasteiger charge is -2.27. The second-order valence-corrected chi connectivity index (χ2v) is 4.47. The molecule has 0 aliphatic heterocycles. The minimum atomic E-state index is -0.209. The van der Waals surface area contributed by atoms with Crippen molar-refractivity contribution in [3.63, 3.8) is 0 Å². The van der Waals surface area contributed by atoms with Gasteiger partial charge >= 0.3 is 0 Å². The van der Waals surface area contributed by atoms with Crippen LogP contribution in [0.15, 0.2) is 24.3 Å². The molecule has 0 aromatic heterocycles. The zero-order valence-corrected chi connectivity index (χ0v) is 9.08. The molecular formula is C13H17FO. The lowest BCUT2D eigenvalue weighted by atomic mass is 9.89. The normalized spacial score (nSPS) is 26.3. The topological polar surface area (TPSA) is 9.23 Å². The molecule has 2 heteroatoms. The molecule has 0 saturated heterocycles. The molecular weight excluding hydrogens is 191 g/mol. The molecule has 1 aliphatic carbocycles. The van der Waals surface area contributed by atoms with Crippen LogP contribution in [0.25, 0.3) is 0 Å². The van der Waals surface area contributed by atoms with E-state index in [0.29, 0.717) is 6.10 Å². The van der Waals surface area contributed by atoms with Crippen molar-refractivity contribution in [2.45, 2.75) is 38.7 Å². The molecule has 2 atom stereocenters. The van der Waals surface area contributed by atoms with Crippen LogP contribution < -0.4 is 4.74 Å². The first kappa shape index (κ1) is 10.5. The number of halogens is 1. The van der Waals surface area contributed by atoms with E-state index in [2.05, 4.69) is 6.92 Å². The second kappa shape index (κ2) is 4.65. The molecule has 2 unspecified atom stereocenters. The van der Waals surface area contributed by atoms with Gasteiger partial charge in [-0.2, -0.15) is 0 Å². The second-order valence-electron chi connectivity index (χ2n) is 4.47. The lowest BCUT2D eigenvalue weighted by molar-refractivity contribution is 0.129. The molecule has 0 radical (unpaired) electrons. The third-order valence-corrected chi connectivity index (χ3v) is 3.00. The Labute approximate surface area is 90.3 Å². The van der Waals surface area contributed by atoms with E-state index in [4.69, 9.17) is 4.74 Å².